The van der Waals surface area contributed by atoms with E-state index in [1.54, 1.807) is 0 Å². The number of alkyl halides is 3. The van der Waals surface area contributed by atoms with Crippen molar-refractivity contribution >= 4 is 23.5 Å². The van der Waals surface area contributed by atoms with E-state index in [9.17, 15) is 31.5 Å². The van der Waals surface area contributed by atoms with Gasteiger partial charge in [-0.2, -0.15) is 13.2 Å². The second-order valence-corrected chi connectivity index (χ2v) is 6.90. The lowest BCUT2D eigenvalue weighted by molar-refractivity contribution is -0.206. The van der Waals surface area contributed by atoms with Gasteiger partial charge >= 0.3 is 12.2 Å². The molecule has 0 bridgehead atoms. The molecule has 1 aromatic rings. The molecule has 2 aliphatic rings. The molecule has 0 aromatic heterocycles. The molecule has 154 valence electrons. The van der Waals surface area contributed by atoms with E-state index in [0.717, 1.165) is 12.1 Å². The number of ether oxygens (including phenoxy) is 1. The van der Waals surface area contributed by atoms with Crippen LogP contribution in [0.1, 0.15) is 18.0 Å². The maximum atomic E-state index is 14.5. The Morgan fingerprint density at radius 3 is 2.61 bits per heavy atom. The van der Waals surface area contributed by atoms with Crippen molar-refractivity contribution in [1.82, 2.24) is 16.0 Å². The Morgan fingerprint density at radius 1 is 1.32 bits per heavy atom. The highest BCUT2D eigenvalue weighted by atomic mass is 35.5. The number of urea groups is 1. The fraction of sp³-hybridized carbons (Fsp3) is 0.500. The molecule has 3 N–H and O–H groups in total. The van der Waals surface area contributed by atoms with Crippen LogP contribution in [0.5, 0.6) is 0 Å². The van der Waals surface area contributed by atoms with Crippen LogP contribution in [0, 0.1) is 17.6 Å². The molecule has 3 unspecified atom stereocenters. The molecule has 3 amide bonds. The van der Waals surface area contributed by atoms with Crippen molar-refractivity contribution in [2.75, 3.05) is 13.2 Å². The van der Waals surface area contributed by atoms with Gasteiger partial charge in [-0.25, -0.2) is 13.6 Å². The van der Waals surface area contributed by atoms with Gasteiger partial charge in [-0.3, -0.25) is 4.79 Å². The molecular formula is C16H15ClF5N3O3. The number of halogens is 6. The van der Waals surface area contributed by atoms with Gasteiger partial charge in [0, 0.05) is 18.0 Å². The highest BCUT2D eigenvalue weighted by molar-refractivity contribution is 6.31. The zero-order valence-corrected chi connectivity index (χ0v) is 14.8. The molecule has 28 heavy (non-hydrogen) atoms. The van der Waals surface area contributed by atoms with Crippen LogP contribution in [-0.2, 0) is 9.53 Å². The largest absolute Gasteiger partial charge is 0.414 e. The molecule has 0 spiro atoms. The molecule has 2 heterocycles. The molecule has 0 saturated carbocycles. The van der Waals surface area contributed by atoms with E-state index in [2.05, 4.69) is 16.0 Å². The number of benzene rings is 1. The third-order valence-corrected chi connectivity index (χ3v) is 5.00. The number of rotatable bonds is 4. The normalized spacial score (nSPS) is 25.9. The smallest absolute Gasteiger partial charge is 0.368 e. The van der Waals surface area contributed by atoms with Crippen molar-refractivity contribution in [3.8, 4) is 0 Å². The summed E-state index contributed by atoms with van der Waals surface area (Å²) in [5.74, 6) is -3.91. The highest BCUT2D eigenvalue weighted by Gasteiger charge is 2.48. The molecule has 0 radical (unpaired) electrons. The van der Waals surface area contributed by atoms with Gasteiger partial charge in [0.2, 0.25) is 5.91 Å². The van der Waals surface area contributed by atoms with Crippen LogP contribution < -0.4 is 16.0 Å². The van der Waals surface area contributed by atoms with Gasteiger partial charge in [-0.15, -0.1) is 0 Å². The summed E-state index contributed by atoms with van der Waals surface area (Å²) in [6.07, 6.45) is -7.21. The lowest BCUT2D eigenvalue weighted by atomic mass is 9.90. The maximum absolute atomic E-state index is 14.5. The van der Waals surface area contributed by atoms with Crippen LogP contribution in [0.15, 0.2) is 12.1 Å². The quantitative estimate of drug-likeness (QED) is 0.510. The predicted octanol–water partition coefficient (Wildman–Crippen LogP) is 2.42. The summed E-state index contributed by atoms with van der Waals surface area (Å²) in [6, 6.07) is -0.983. The van der Waals surface area contributed by atoms with E-state index < -0.39 is 71.9 Å². The average molecular weight is 428 g/mol. The first-order chi connectivity index (χ1) is 13.1. The van der Waals surface area contributed by atoms with Crippen LogP contribution in [0.3, 0.4) is 0 Å². The van der Waals surface area contributed by atoms with E-state index in [1.807, 2.05) is 0 Å². The molecule has 4 atom stereocenters. The van der Waals surface area contributed by atoms with Crippen molar-refractivity contribution in [1.29, 1.82) is 0 Å². The van der Waals surface area contributed by atoms with Crippen molar-refractivity contribution in [2.45, 2.75) is 30.8 Å². The van der Waals surface area contributed by atoms with E-state index in [4.69, 9.17) is 16.3 Å². The van der Waals surface area contributed by atoms with Crippen molar-refractivity contribution in [3.63, 3.8) is 0 Å². The molecule has 2 saturated heterocycles. The number of carbonyl (C=O) groups is 2. The Morgan fingerprint density at radius 2 is 2.04 bits per heavy atom. The first kappa shape index (κ1) is 20.6. The molecule has 0 aliphatic carbocycles. The third-order valence-electron chi connectivity index (χ3n) is 4.65. The van der Waals surface area contributed by atoms with Gasteiger partial charge in [0.25, 0.3) is 0 Å². The van der Waals surface area contributed by atoms with Gasteiger partial charge in [-0.05, 0) is 12.5 Å². The summed E-state index contributed by atoms with van der Waals surface area (Å²) in [5.41, 5.74) is -0.270. The minimum Gasteiger partial charge on any atom is -0.368 e. The van der Waals surface area contributed by atoms with E-state index in [0.29, 0.717) is 0 Å². The van der Waals surface area contributed by atoms with E-state index in [1.165, 1.54) is 0 Å². The lowest BCUT2D eigenvalue weighted by Gasteiger charge is -2.26. The van der Waals surface area contributed by atoms with Gasteiger partial charge in [0.05, 0.1) is 12.6 Å². The summed E-state index contributed by atoms with van der Waals surface area (Å²) in [5, 5.41) is 6.28. The molecule has 6 nitrogen and oxygen atoms in total. The van der Waals surface area contributed by atoms with Crippen molar-refractivity contribution < 1.29 is 36.3 Å². The summed E-state index contributed by atoms with van der Waals surface area (Å²) < 4.78 is 71.6. The lowest BCUT2D eigenvalue weighted by Crippen LogP contribution is -2.46. The molecular weight excluding hydrogens is 413 g/mol. The topological polar surface area (TPSA) is 79.5 Å². The Balaban J connectivity index is 1.88. The number of nitrogens with one attached hydrogen (secondary N) is 3. The third kappa shape index (κ3) is 4.14. The second-order valence-electron chi connectivity index (χ2n) is 6.52. The Kier molecular flexibility index (Phi) is 5.67. The Labute approximate surface area is 160 Å². The first-order valence-electron chi connectivity index (χ1n) is 8.24. The molecule has 1 aromatic carbocycles. The average Bonchev–Trinajstić information content (AvgIpc) is 3.27. The fourth-order valence-corrected chi connectivity index (χ4v) is 3.38. The zero-order valence-electron chi connectivity index (χ0n) is 14.1. The summed E-state index contributed by atoms with van der Waals surface area (Å²) >= 11 is 5.58. The van der Waals surface area contributed by atoms with Crippen LogP contribution in [-0.4, -0.2) is 43.4 Å². The van der Waals surface area contributed by atoms with E-state index in [-0.39, 0.29) is 12.1 Å². The van der Waals surface area contributed by atoms with Gasteiger partial charge in [-0.1, -0.05) is 17.7 Å². The van der Waals surface area contributed by atoms with Gasteiger partial charge in [0.1, 0.15) is 22.7 Å². The fourth-order valence-electron chi connectivity index (χ4n) is 3.21. The van der Waals surface area contributed by atoms with E-state index >= 15 is 0 Å². The maximum Gasteiger partial charge on any atom is 0.414 e. The minimum absolute atomic E-state index is 0.0453. The van der Waals surface area contributed by atoms with Crippen molar-refractivity contribution in [2.24, 2.45) is 5.92 Å². The molecule has 12 heteroatoms. The SMILES string of the molecule is O=C1NCC(C(=O)N[C@@H](c2ccc(F)c(Cl)c2F)C2COC(C(F)(F)F)C2)N1. The second kappa shape index (κ2) is 7.70. The monoisotopic (exact) mass is 427 g/mol. The number of hydrogen-bond acceptors (Lipinski definition) is 3. The van der Waals surface area contributed by atoms with Gasteiger partial charge in [0.15, 0.2) is 6.10 Å². The first-order valence-corrected chi connectivity index (χ1v) is 8.62. The molecule has 3 rings (SSSR count). The highest BCUT2D eigenvalue weighted by Crippen LogP contribution is 2.40. The Bertz CT molecular complexity index is 792. The molecule has 2 aliphatic heterocycles. The molecule has 2 fully saturated rings. The predicted molar refractivity (Wildman–Crippen MR) is 86.5 cm³/mol. The van der Waals surface area contributed by atoms with Crippen LogP contribution in [0.25, 0.3) is 0 Å². The summed E-state index contributed by atoms with van der Waals surface area (Å²) in [6.45, 7) is -0.449. The standard InChI is InChI=1S/C16H15ClF5N3O3/c17-11-8(18)2-1-7(12(11)19)13(6-3-10(28-5-6)16(20,21)22)25-14(26)9-4-23-15(27)24-9/h1-2,6,9-10,13H,3-5H2,(H,25,26)(H2,23,24,27)/t6?,9?,10?,13-/m1/s1. The van der Waals surface area contributed by atoms with Gasteiger partial charge < -0.3 is 20.7 Å². The van der Waals surface area contributed by atoms with Crippen molar-refractivity contribution in [3.05, 3.63) is 34.4 Å². The number of carbonyl (C=O) groups excluding carboxylic acids is 2. The zero-order chi connectivity index (χ0) is 20.6. The van der Waals surface area contributed by atoms with Crippen LogP contribution in [0.2, 0.25) is 5.02 Å². The Hall–Kier alpha value is -2.14. The number of hydrogen-bond donors (Lipinski definition) is 3. The number of amides is 3. The summed E-state index contributed by atoms with van der Waals surface area (Å²) in [4.78, 5) is 23.6. The summed E-state index contributed by atoms with van der Waals surface area (Å²) in [7, 11) is 0. The van der Waals surface area contributed by atoms with Crippen LogP contribution >= 0.6 is 11.6 Å². The minimum atomic E-state index is -4.62. The van der Waals surface area contributed by atoms with Crippen LogP contribution in [0.4, 0.5) is 26.7 Å².